The predicted molar refractivity (Wildman–Crippen MR) is 103 cm³/mol. The quantitative estimate of drug-likeness (QED) is 0.796. The van der Waals surface area contributed by atoms with Crippen LogP contribution in [0.15, 0.2) is 54.6 Å². The van der Waals surface area contributed by atoms with Crippen LogP contribution >= 0.6 is 0 Å². The normalized spacial score (nSPS) is 17.0. The Bertz CT molecular complexity index is 703. The van der Waals surface area contributed by atoms with Gasteiger partial charge in [-0.3, -0.25) is 4.79 Å². The second kappa shape index (κ2) is 8.72. The monoisotopic (exact) mass is 354 g/mol. The number of benzene rings is 2. The lowest BCUT2D eigenvalue weighted by Gasteiger charge is -2.33. The second-order valence-electron chi connectivity index (χ2n) is 6.51. The smallest absolute Gasteiger partial charge is 0.242 e. The molecule has 2 aromatic carbocycles. The summed E-state index contributed by atoms with van der Waals surface area (Å²) in [6, 6.07) is 17.5. The van der Waals surface area contributed by atoms with Gasteiger partial charge in [0.05, 0.1) is 19.3 Å². The number of carbonyl (C=O) groups is 1. The van der Waals surface area contributed by atoms with E-state index in [4.69, 9.17) is 9.47 Å². The lowest BCUT2D eigenvalue weighted by Crippen LogP contribution is -2.48. The van der Waals surface area contributed by atoms with E-state index >= 15 is 0 Å². The van der Waals surface area contributed by atoms with Crippen LogP contribution in [-0.2, 0) is 9.53 Å². The fraction of sp³-hybridized carbons (Fsp3) is 0.381. The van der Waals surface area contributed by atoms with Crippen LogP contribution < -0.4 is 9.64 Å². The molecular formula is C21H26N2O3. The molecule has 1 aliphatic heterocycles. The van der Waals surface area contributed by atoms with E-state index < -0.39 is 0 Å². The molecule has 5 heteroatoms. The second-order valence-corrected chi connectivity index (χ2v) is 6.51. The molecule has 1 unspecified atom stereocenters. The highest BCUT2D eigenvalue weighted by Gasteiger charge is 2.23. The van der Waals surface area contributed by atoms with Crippen molar-refractivity contribution in [3.05, 3.63) is 54.6 Å². The molecule has 0 bridgehead atoms. The summed E-state index contributed by atoms with van der Waals surface area (Å²) in [6.45, 7) is 4.43. The molecule has 0 aliphatic carbocycles. The molecule has 26 heavy (non-hydrogen) atoms. The van der Waals surface area contributed by atoms with Gasteiger partial charge in [0.1, 0.15) is 11.5 Å². The number of likely N-dealkylation sites (N-methyl/N-ethyl adjacent to an activating group) is 1. The molecule has 2 aromatic rings. The van der Waals surface area contributed by atoms with Gasteiger partial charge in [0.15, 0.2) is 0 Å². The van der Waals surface area contributed by atoms with E-state index in [1.54, 1.807) is 0 Å². The zero-order valence-corrected chi connectivity index (χ0v) is 15.4. The van der Waals surface area contributed by atoms with Crippen molar-refractivity contribution in [1.29, 1.82) is 0 Å². The maximum atomic E-state index is 12.6. The van der Waals surface area contributed by atoms with E-state index in [2.05, 4.69) is 6.92 Å². The molecule has 0 radical (unpaired) electrons. The largest absolute Gasteiger partial charge is 0.457 e. The highest BCUT2D eigenvalue weighted by atomic mass is 16.5. The Kier molecular flexibility index (Phi) is 6.12. The van der Waals surface area contributed by atoms with E-state index in [-0.39, 0.29) is 12.0 Å². The van der Waals surface area contributed by atoms with Crippen molar-refractivity contribution < 1.29 is 14.3 Å². The molecule has 1 heterocycles. The zero-order chi connectivity index (χ0) is 18.4. The number of ether oxygens (including phenoxy) is 2. The molecule has 1 saturated heterocycles. The minimum Gasteiger partial charge on any atom is -0.457 e. The third-order valence-corrected chi connectivity index (χ3v) is 4.58. The predicted octanol–water partition coefficient (Wildman–Crippen LogP) is 3.55. The standard InChI is InChI=1S/C21H26N2O3/c1-3-18-15-23(13-14-25-18)21(24)16-22(2)17-9-11-20(12-10-17)26-19-7-5-4-6-8-19/h4-12,18H,3,13-16H2,1-2H3. The first kappa shape index (κ1) is 18.3. The molecule has 1 amide bonds. The van der Waals surface area contributed by atoms with Crippen LogP contribution in [0, 0.1) is 0 Å². The number of anilines is 1. The van der Waals surface area contributed by atoms with Crippen molar-refractivity contribution in [2.45, 2.75) is 19.4 Å². The summed E-state index contributed by atoms with van der Waals surface area (Å²) in [7, 11) is 1.93. The summed E-state index contributed by atoms with van der Waals surface area (Å²) >= 11 is 0. The van der Waals surface area contributed by atoms with E-state index in [1.165, 1.54) is 0 Å². The minimum atomic E-state index is 0.138. The van der Waals surface area contributed by atoms with Gasteiger partial charge < -0.3 is 19.3 Å². The van der Waals surface area contributed by atoms with Gasteiger partial charge in [-0.05, 0) is 42.8 Å². The van der Waals surface area contributed by atoms with Gasteiger partial charge in [0, 0.05) is 25.8 Å². The number of hydrogen-bond acceptors (Lipinski definition) is 4. The minimum absolute atomic E-state index is 0.138. The Balaban J connectivity index is 1.56. The van der Waals surface area contributed by atoms with Gasteiger partial charge in [0.25, 0.3) is 0 Å². The summed E-state index contributed by atoms with van der Waals surface area (Å²) in [5.74, 6) is 1.72. The first-order valence-electron chi connectivity index (χ1n) is 9.09. The topological polar surface area (TPSA) is 42.0 Å². The first-order chi connectivity index (χ1) is 12.7. The molecular weight excluding hydrogens is 328 g/mol. The fourth-order valence-corrected chi connectivity index (χ4v) is 2.98. The van der Waals surface area contributed by atoms with Crippen LogP contribution in [0.25, 0.3) is 0 Å². The lowest BCUT2D eigenvalue weighted by atomic mass is 10.2. The summed E-state index contributed by atoms with van der Waals surface area (Å²) in [6.07, 6.45) is 1.09. The number of hydrogen-bond donors (Lipinski definition) is 0. The van der Waals surface area contributed by atoms with Crippen LogP contribution in [-0.4, -0.2) is 50.2 Å². The Labute approximate surface area is 155 Å². The number of nitrogens with zero attached hydrogens (tertiary/aromatic N) is 2. The molecule has 0 spiro atoms. The molecule has 0 saturated carbocycles. The van der Waals surface area contributed by atoms with Crippen LogP contribution in [0.2, 0.25) is 0 Å². The Hall–Kier alpha value is -2.53. The number of amides is 1. The molecule has 1 atom stereocenters. The third kappa shape index (κ3) is 4.76. The van der Waals surface area contributed by atoms with Crippen molar-refractivity contribution in [1.82, 2.24) is 4.90 Å². The first-order valence-corrected chi connectivity index (χ1v) is 9.09. The van der Waals surface area contributed by atoms with Crippen LogP contribution in [0.4, 0.5) is 5.69 Å². The average molecular weight is 354 g/mol. The molecule has 138 valence electrons. The average Bonchev–Trinajstić information content (AvgIpc) is 2.69. The summed E-state index contributed by atoms with van der Waals surface area (Å²) in [5, 5.41) is 0. The van der Waals surface area contributed by atoms with Gasteiger partial charge >= 0.3 is 0 Å². The molecule has 3 rings (SSSR count). The van der Waals surface area contributed by atoms with Gasteiger partial charge in [0.2, 0.25) is 5.91 Å². The Morgan fingerprint density at radius 3 is 2.54 bits per heavy atom. The van der Waals surface area contributed by atoms with Crippen LogP contribution in [0.5, 0.6) is 11.5 Å². The van der Waals surface area contributed by atoms with Crippen LogP contribution in [0.3, 0.4) is 0 Å². The molecule has 0 aromatic heterocycles. The number of para-hydroxylation sites is 1. The highest BCUT2D eigenvalue weighted by Crippen LogP contribution is 2.24. The number of rotatable bonds is 6. The van der Waals surface area contributed by atoms with Gasteiger partial charge in [-0.25, -0.2) is 0 Å². The SMILES string of the molecule is CCC1CN(C(=O)CN(C)c2ccc(Oc3ccccc3)cc2)CCO1. The maximum absolute atomic E-state index is 12.6. The van der Waals surface area contributed by atoms with Crippen molar-refractivity contribution in [2.24, 2.45) is 0 Å². The van der Waals surface area contributed by atoms with E-state index in [9.17, 15) is 4.79 Å². The third-order valence-electron chi connectivity index (χ3n) is 4.58. The highest BCUT2D eigenvalue weighted by molar-refractivity contribution is 5.81. The van der Waals surface area contributed by atoms with Crippen molar-refractivity contribution in [2.75, 3.05) is 38.2 Å². The van der Waals surface area contributed by atoms with Gasteiger partial charge in [-0.1, -0.05) is 25.1 Å². The molecule has 0 N–H and O–H groups in total. The Morgan fingerprint density at radius 1 is 1.15 bits per heavy atom. The fourth-order valence-electron chi connectivity index (χ4n) is 2.98. The van der Waals surface area contributed by atoms with Crippen molar-refractivity contribution in [3.8, 4) is 11.5 Å². The summed E-state index contributed by atoms with van der Waals surface area (Å²) in [5.41, 5.74) is 0.985. The summed E-state index contributed by atoms with van der Waals surface area (Å²) < 4.78 is 11.4. The van der Waals surface area contributed by atoms with E-state index in [0.717, 1.165) is 23.6 Å². The molecule has 1 aliphatic rings. The van der Waals surface area contributed by atoms with Crippen molar-refractivity contribution >= 4 is 11.6 Å². The van der Waals surface area contributed by atoms with E-state index in [1.807, 2.05) is 71.4 Å². The maximum Gasteiger partial charge on any atom is 0.242 e. The number of morpholine rings is 1. The lowest BCUT2D eigenvalue weighted by molar-refractivity contribution is -0.137. The van der Waals surface area contributed by atoms with Gasteiger partial charge in [-0.15, -0.1) is 0 Å². The van der Waals surface area contributed by atoms with Gasteiger partial charge in [-0.2, -0.15) is 0 Å². The van der Waals surface area contributed by atoms with E-state index in [0.29, 0.717) is 26.2 Å². The zero-order valence-electron chi connectivity index (χ0n) is 15.4. The molecule has 1 fully saturated rings. The Morgan fingerprint density at radius 2 is 1.85 bits per heavy atom. The van der Waals surface area contributed by atoms with Crippen molar-refractivity contribution in [3.63, 3.8) is 0 Å². The number of carbonyl (C=O) groups excluding carboxylic acids is 1. The summed E-state index contributed by atoms with van der Waals surface area (Å²) in [4.78, 5) is 16.4. The molecule has 5 nitrogen and oxygen atoms in total. The van der Waals surface area contributed by atoms with Crippen LogP contribution in [0.1, 0.15) is 13.3 Å².